The van der Waals surface area contributed by atoms with Crippen LogP contribution >= 0.6 is 0 Å². The van der Waals surface area contributed by atoms with E-state index in [2.05, 4.69) is 11.6 Å². The van der Waals surface area contributed by atoms with Gasteiger partial charge in [0.15, 0.2) is 0 Å². The van der Waals surface area contributed by atoms with Crippen LogP contribution in [0.3, 0.4) is 0 Å². The maximum atomic E-state index is 12.0. The van der Waals surface area contributed by atoms with E-state index in [4.69, 9.17) is 5.26 Å². The smallest absolute Gasteiger partial charge is 0.214 e. The third kappa shape index (κ3) is 3.55. The lowest BCUT2D eigenvalue weighted by Gasteiger charge is -2.14. The highest BCUT2D eigenvalue weighted by Crippen LogP contribution is 2.47. The van der Waals surface area contributed by atoms with Crippen molar-refractivity contribution in [1.82, 2.24) is 4.72 Å². The molecule has 1 aliphatic rings. The summed E-state index contributed by atoms with van der Waals surface area (Å²) in [4.78, 5) is 0. The zero-order valence-corrected chi connectivity index (χ0v) is 11.8. The molecule has 102 valence electrons. The van der Waals surface area contributed by atoms with Crippen molar-refractivity contribution in [2.75, 3.05) is 6.54 Å². The molecule has 2 rings (SSSR count). The van der Waals surface area contributed by atoms with Crippen LogP contribution in [0.15, 0.2) is 24.3 Å². The van der Waals surface area contributed by atoms with Crippen molar-refractivity contribution in [3.05, 3.63) is 35.4 Å². The maximum Gasteiger partial charge on any atom is 0.215 e. The van der Waals surface area contributed by atoms with Crippen LogP contribution in [0.5, 0.6) is 0 Å². The molecule has 0 atom stereocenters. The standard InChI is InChI=1S/C14H18N2O2S/c1-2-14(7-8-14)11-16-19(17,18)10-13-6-4-3-5-12(13)9-15/h3-6,16H,2,7-8,10-11H2,1H3. The van der Waals surface area contributed by atoms with Crippen LogP contribution in [0.2, 0.25) is 0 Å². The zero-order chi connectivity index (χ0) is 13.9. The Balaban J connectivity index is 2.03. The summed E-state index contributed by atoms with van der Waals surface area (Å²) in [6.07, 6.45) is 3.20. The Morgan fingerprint density at radius 1 is 1.37 bits per heavy atom. The summed E-state index contributed by atoms with van der Waals surface area (Å²) in [5, 5.41) is 8.96. The lowest BCUT2D eigenvalue weighted by Crippen LogP contribution is -2.31. The second-order valence-corrected chi connectivity index (χ2v) is 7.01. The molecule has 19 heavy (non-hydrogen) atoms. The minimum Gasteiger partial charge on any atom is -0.214 e. The molecule has 4 nitrogen and oxygen atoms in total. The Kier molecular flexibility index (Phi) is 3.93. The predicted octanol–water partition coefficient (Wildman–Crippen LogP) is 2.17. The number of hydrogen-bond acceptors (Lipinski definition) is 3. The summed E-state index contributed by atoms with van der Waals surface area (Å²) in [5.41, 5.74) is 1.16. The number of nitriles is 1. The van der Waals surface area contributed by atoms with Crippen LogP contribution in [0.25, 0.3) is 0 Å². The van der Waals surface area contributed by atoms with Gasteiger partial charge in [0, 0.05) is 6.54 Å². The molecule has 0 aromatic heterocycles. The van der Waals surface area contributed by atoms with E-state index in [1.165, 1.54) is 0 Å². The summed E-state index contributed by atoms with van der Waals surface area (Å²) >= 11 is 0. The van der Waals surface area contributed by atoms with Crippen molar-refractivity contribution in [2.24, 2.45) is 5.41 Å². The van der Waals surface area contributed by atoms with E-state index in [9.17, 15) is 8.42 Å². The molecule has 0 saturated heterocycles. The molecular formula is C14H18N2O2S. The Morgan fingerprint density at radius 2 is 2.05 bits per heavy atom. The number of benzene rings is 1. The number of hydrogen-bond donors (Lipinski definition) is 1. The molecule has 0 aliphatic heterocycles. The molecule has 1 aromatic rings. The monoisotopic (exact) mass is 278 g/mol. The summed E-state index contributed by atoms with van der Waals surface area (Å²) < 4.78 is 26.8. The van der Waals surface area contributed by atoms with Gasteiger partial charge < -0.3 is 0 Å². The predicted molar refractivity (Wildman–Crippen MR) is 73.7 cm³/mol. The third-order valence-electron chi connectivity index (χ3n) is 3.86. The van der Waals surface area contributed by atoms with Crippen LogP contribution in [0, 0.1) is 16.7 Å². The Bertz CT molecular complexity index is 598. The Morgan fingerprint density at radius 3 is 2.63 bits per heavy atom. The lowest BCUT2D eigenvalue weighted by atomic mass is 10.1. The van der Waals surface area contributed by atoms with Gasteiger partial charge in [-0.05, 0) is 36.3 Å². The van der Waals surface area contributed by atoms with Crippen molar-refractivity contribution in [3.63, 3.8) is 0 Å². The first kappa shape index (κ1) is 14.0. The van der Waals surface area contributed by atoms with Gasteiger partial charge in [0.1, 0.15) is 0 Å². The van der Waals surface area contributed by atoms with E-state index in [1.807, 2.05) is 6.07 Å². The summed E-state index contributed by atoms with van der Waals surface area (Å²) in [6, 6.07) is 8.83. The Hall–Kier alpha value is -1.38. The molecule has 1 N–H and O–H groups in total. The first-order chi connectivity index (χ1) is 9.00. The zero-order valence-electron chi connectivity index (χ0n) is 11.0. The van der Waals surface area contributed by atoms with Crippen molar-refractivity contribution in [3.8, 4) is 6.07 Å². The van der Waals surface area contributed by atoms with Crippen LogP contribution in [-0.4, -0.2) is 15.0 Å². The topological polar surface area (TPSA) is 70.0 Å². The van der Waals surface area contributed by atoms with Gasteiger partial charge >= 0.3 is 0 Å². The van der Waals surface area contributed by atoms with Gasteiger partial charge in [0.05, 0.1) is 17.4 Å². The fourth-order valence-corrected chi connectivity index (χ4v) is 3.40. The number of rotatable bonds is 6. The maximum absolute atomic E-state index is 12.0. The SMILES string of the molecule is CCC1(CNS(=O)(=O)Cc2ccccc2C#N)CC1. The van der Waals surface area contributed by atoms with Crippen molar-refractivity contribution < 1.29 is 8.42 Å². The summed E-state index contributed by atoms with van der Waals surface area (Å²) in [7, 11) is -3.37. The molecule has 0 bridgehead atoms. The Labute approximate surface area is 114 Å². The van der Waals surface area contributed by atoms with E-state index < -0.39 is 10.0 Å². The van der Waals surface area contributed by atoms with E-state index in [0.717, 1.165) is 19.3 Å². The molecule has 0 spiro atoms. The highest BCUT2D eigenvalue weighted by Gasteiger charge is 2.41. The first-order valence-electron chi connectivity index (χ1n) is 6.46. The van der Waals surface area contributed by atoms with Gasteiger partial charge in [0.2, 0.25) is 10.0 Å². The van der Waals surface area contributed by atoms with Crippen molar-refractivity contribution in [2.45, 2.75) is 31.9 Å². The van der Waals surface area contributed by atoms with Crippen molar-refractivity contribution in [1.29, 1.82) is 5.26 Å². The van der Waals surface area contributed by atoms with Crippen LogP contribution in [0.4, 0.5) is 0 Å². The molecule has 0 amide bonds. The van der Waals surface area contributed by atoms with Gasteiger partial charge in [0.25, 0.3) is 0 Å². The molecule has 1 aromatic carbocycles. The molecule has 1 aliphatic carbocycles. The minimum atomic E-state index is -3.37. The van der Waals surface area contributed by atoms with Gasteiger partial charge in [-0.3, -0.25) is 0 Å². The fraction of sp³-hybridized carbons (Fsp3) is 0.500. The highest BCUT2D eigenvalue weighted by molar-refractivity contribution is 7.88. The molecule has 0 unspecified atom stereocenters. The lowest BCUT2D eigenvalue weighted by molar-refractivity contribution is 0.475. The van der Waals surface area contributed by atoms with Gasteiger partial charge in [-0.1, -0.05) is 25.1 Å². The van der Waals surface area contributed by atoms with Gasteiger partial charge in [-0.15, -0.1) is 0 Å². The molecule has 1 saturated carbocycles. The van der Waals surface area contributed by atoms with Crippen molar-refractivity contribution >= 4 is 10.0 Å². The molecule has 0 heterocycles. The normalized spacial score (nSPS) is 16.8. The minimum absolute atomic E-state index is 0.128. The fourth-order valence-electron chi connectivity index (χ4n) is 2.11. The average Bonchev–Trinajstić information content (AvgIpc) is 3.18. The van der Waals surface area contributed by atoms with Crippen LogP contribution < -0.4 is 4.72 Å². The van der Waals surface area contributed by atoms with Crippen LogP contribution in [-0.2, 0) is 15.8 Å². The number of nitrogens with zero attached hydrogens (tertiary/aromatic N) is 1. The largest absolute Gasteiger partial charge is 0.215 e. The first-order valence-corrected chi connectivity index (χ1v) is 8.11. The van der Waals surface area contributed by atoms with Crippen LogP contribution in [0.1, 0.15) is 37.3 Å². The molecule has 5 heteroatoms. The molecular weight excluding hydrogens is 260 g/mol. The number of sulfonamides is 1. The van der Waals surface area contributed by atoms with E-state index in [0.29, 0.717) is 17.7 Å². The molecule has 0 radical (unpaired) electrons. The highest BCUT2D eigenvalue weighted by atomic mass is 32.2. The third-order valence-corrected chi connectivity index (χ3v) is 5.13. The number of nitrogens with one attached hydrogen (secondary N) is 1. The molecule has 1 fully saturated rings. The summed E-state index contributed by atoms with van der Waals surface area (Å²) in [6.45, 7) is 2.60. The van der Waals surface area contributed by atoms with Gasteiger partial charge in [-0.2, -0.15) is 5.26 Å². The second kappa shape index (κ2) is 5.32. The summed E-state index contributed by atoms with van der Waals surface area (Å²) in [5.74, 6) is -0.128. The second-order valence-electron chi connectivity index (χ2n) is 5.20. The van der Waals surface area contributed by atoms with Gasteiger partial charge in [-0.25, -0.2) is 13.1 Å². The van der Waals surface area contributed by atoms with E-state index in [1.54, 1.807) is 24.3 Å². The average molecular weight is 278 g/mol. The van der Waals surface area contributed by atoms with E-state index in [-0.39, 0.29) is 11.2 Å². The quantitative estimate of drug-likeness (QED) is 0.867. The van der Waals surface area contributed by atoms with E-state index >= 15 is 0 Å².